The third-order valence-electron chi connectivity index (χ3n) is 3.24. The number of anilines is 1. The molecule has 0 aliphatic heterocycles. The van der Waals surface area contributed by atoms with E-state index in [1.54, 1.807) is 7.11 Å². The summed E-state index contributed by atoms with van der Waals surface area (Å²) in [5, 5.41) is 12.0. The van der Waals surface area contributed by atoms with Gasteiger partial charge in [0.25, 0.3) is 5.56 Å². The number of nitrogens with zero attached hydrogens (tertiary/aromatic N) is 3. The molecule has 122 valence electrons. The fourth-order valence-electron chi connectivity index (χ4n) is 2.26. The van der Waals surface area contributed by atoms with E-state index in [2.05, 4.69) is 25.5 Å². The van der Waals surface area contributed by atoms with Crippen molar-refractivity contribution in [2.24, 2.45) is 0 Å². The van der Waals surface area contributed by atoms with Crippen LogP contribution >= 0.6 is 23.1 Å². The minimum atomic E-state index is -0.224. The number of carbonyl (C=O) groups is 1. The van der Waals surface area contributed by atoms with Crippen LogP contribution in [0.3, 0.4) is 0 Å². The second kappa shape index (κ2) is 7.20. The quantitative estimate of drug-likeness (QED) is 0.588. The topological polar surface area (TPSA) is 110 Å². The molecule has 0 saturated carbocycles. The Balaban J connectivity index is 1.56. The van der Waals surface area contributed by atoms with E-state index in [-0.39, 0.29) is 17.2 Å². The van der Waals surface area contributed by atoms with Crippen molar-refractivity contribution in [3.8, 4) is 0 Å². The Labute approximate surface area is 140 Å². The van der Waals surface area contributed by atoms with Crippen LogP contribution in [0.1, 0.15) is 22.7 Å². The Hall–Kier alpha value is -1.78. The smallest absolute Gasteiger partial charge is 0.254 e. The van der Waals surface area contributed by atoms with Crippen LogP contribution in [0.5, 0.6) is 0 Å². The van der Waals surface area contributed by atoms with Gasteiger partial charge in [-0.25, -0.2) is 4.98 Å². The van der Waals surface area contributed by atoms with Crippen molar-refractivity contribution >= 4 is 34.1 Å². The molecule has 8 nitrogen and oxygen atoms in total. The summed E-state index contributed by atoms with van der Waals surface area (Å²) >= 11 is 2.46. The molecular formula is C13H15N5O3S2. The third kappa shape index (κ3) is 3.95. The molecule has 0 unspecified atom stereocenters. The molecule has 10 heteroatoms. The van der Waals surface area contributed by atoms with E-state index in [1.807, 2.05) is 0 Å². The van der Waals surface area contributed by atoms with Gasteiger partial charge < -0.3 is 9.72 Å². The Morgan fingerprint density at radius 1 is 1.43 bits per heavy atom. The van der Waals surface area contributed by atoms with Crippen LogP contribution < -0.4 is 10.9 Å². The van der Waals surface area contributed by atoms with Gasteiger partial charge in [-0.1, -0.05) is 23.1 Å². The first-order chi connectivity index (χ1) is 11.2. The minimum Gasteiger partial charge on any atom is -0.377 e. The van der Waals surface area contributed by atoms with Crippen molar-refractivity contribution in [1.29, 1.82) is 0 Å². The first kappa shape index (κ1) is 16.1. The number of aryl methyl sites for hydroxylation is 1. The number of ether oxygens (including phenoxy) is 1. The van der Waals surface area contributed by atoms with E-state index in [9.17, 15) is 9.59 Å². The molecule has 2 aromatic rings. The predicted molar refractivity (Wildman–Crippen MR) is 86.9 cm³/mol. The van der Waals surface area contributed by atoms with E-state index >= 15 is 0 Å². The van der Waals surface area contributed by atoms with Gasteiger partial charge in [-0.2, -0.15) is 0 Å². The molecular weight excluding hydrogens is 338 g/mol. The highest BCUT2D eigenvalue weighted by atomic mass is 32.2. The summed E-state index contributed by atoms with van der Waals surface area (Å²) in [7, 11) is 1.57. The molecule has 0 saturated heterocycles. The molecule has 0 atom stereocenters. The van der Waals surface area contributed by atoms with Crippen molar-refractivity contribution in [3.05, 3.63) is 26.6 Å². The molecule has 1 aliphatic rings. The zero-order chi connectivity index (χ0) is 16.2. The third-order valence-corrected chi connectivity index (χ3v) is 4.93. The molecule has 0 bridgehead atoms. The summed E-state index contributed by atoms with van der Waals surface area (Å²) in [6.45, 7) is 0.364. The number of fused-ring (bicyclic) bond motifs is 1. The lowest BCUT2D eigenvalue weighted by Crippen LogP contribution is -2.17. The lowest BCUT2D eigenvalue weighted by molar-refractivity contribution is -0.113. The first-order valence-corrected chi connectivity index (χ1v) is 8.82. The zero-order valence-corrected chi connectivity index (χ0v) is 14.1. The number of hydrogen-bond acceptors (Lipinski definition) is 8. The molecule has 2 N–H and O–H groups in total. The number of aromatic nitrogens is 4. The van der Waals surface area contributed by atoms with Crippen LogP contribution in [0.4, 0.5) is 5.13 Å². The molecule has 0 aromatic carbocycles. The Morgan fingerprint density at radius 2 is 2.30 bits per heavy atom. The average molecular weight is 353 g/mol. The lowest BCUT2D eigenvalue weighted by Gasteiger charge is -2.03. The second-order valence-corrected chi connectivity index (χ2v) is 6.95. The number of thioether (sulfide) groups is 1. The number of carbonyl (C=O) groups excluding carboxylic acids is 1. The maximum Gasteiger partial charge on any atom is 0.254 e. The monoisotopic (exact) mass is 353 g/mol. The normalized spacial score (nSPS) is 13.1. The van der Waals surface area contributed by atoms with Gasteiger partial charge in [0.15, 0.2) is 5.16 Å². The zero-order valence-electron chi connectivity index (χ0n) is 12.4. The Bertz CT molecular complexity index is 773. The molecule has 0 fully saturated rings. The van der Waals surface area contributed by atoms with Crippen molar-refractivity contribution in [2.45, 2.75) is 31.0 Å². The molecule has 0 spiro atoms. The molecule has 2 heterocycles. The maximum atomic E-state index is 11.9. The first-order valence-electron chi connectivity index (χ1n) is 7.01. The number of aromatic amines is 1. The fourth-order valence-corrected chi connectivity index (χ4v) is 3.67. The second-order valence-electron chi connectivity index (χ2n) is 4.92. The summed E-state index contributed by atoms with van der Waals surface area (Å²) in [6.07, 6.45) is 2.57. The Kier molecular flexibility index (Phi) is 5.03. The molecule has 1 amide bonds. The van der Waals surface area contributed by atoms with Crippen LogP contribution in [0.2, 0.25) is 0 Å². The highest BCUT2D eigenvalue weighted by molar-refractivity contribution is 7.99. The molecule has 0 radical (unpaired) electrons. The van der Waals surface area contributed by atoms with Gasteiger partial charge in [0.2, 0.25) is 11.0 Å². The fraction of sp³-hybridized carbons (Fsp3) is 0.462. The van der Waals surface area contributed by atoms with Crippen LogP contribution in [-0.4, -0.2) is 38.9 Å². The van der Waals surface area contributed by atoms with Gasteiger partial charge in [0.05, 0.1) is 11.4 Å². The molecule has 2 aromatic heterocycles. The highest BCUT2D eigenvalue weighted by Gasteiger charge is 2.17. The summed E-state index contributed by atoms with van der Waals surface area (Å²) in [6, 6.07) is 0. The van der Waals surface area contributed by atoms with Crippen molar-refractivity contribution in [1.82, 2.24) is 20.2 Å². The number of amides is 1. The van der Waals surface area contributed by atoms with Crippen molar-refractivity contribution in [3.63, 3.8) is 0 Å². The average Bonchev–Trinajstić information content (AvgIpc) is 3.15. The van der Waals surface area contributed by atoms with Gasteiger partial charge in [0.1, 0.15) is 11.6 Å². The van der Waals surface area contributed by atoms with E-state index < -0.39 is 0 Å². The van der Waals surface area contributed by atoms with E-state index in [1.165, 1.54) is 23.1 Å². The van der Waals surface area contributed by atoms with E-state index in [0.29, 0.717) is 21.9 Å². The largest absolute Gasteiger partial charge is 0.377 e. The van der Waals surface area contributed by atoms with Gasteiger partial charge in [-0.05, 0) is 19.3 Å². The maximum absolute atomic E-state index is 11.9. The van der Waals surface area contributed by atoms with E-state index in [0.717, 1.165) is 30.5 Å². The minimum absolute atomic E-state index is 0.0938. The predicted octanol–water partition coefficient (Wildman–Crippen LogP) is 0.987. The van der Waals surface area contributed by atoms with Gasteiger partial charge in [0, 0.05) is 12.7 Å². The SMILES string of the molecule is COCc1nnc(NC(=O)CSc2nc3c(c(=O)[nH]2)CCC3)s1. The number of nitrogens with one attached hydrogen (secondary N) is 2. The summed E-state index contributed by atoms with van der Waals surface area (Å²) in [4.78, 5) is 31.0. The van der Waals surface area contributed by atoms with Gasteiger partial charge >= 0.3 is 0 Å². The number of rotatable bonds is 6. The van der Waals surface area contributed by atoms with Crippen molar-refractivity contribution in [2.75, 3.05) is 18.2 Å². The van der Waals surface area contributed by atoms with Gasteiger partial charge in [-0.15, -0.1) is 10.2 Å². The summed E-state index contributed by atoms with van der Waals surface area (Å²) < 4.78 is 4.95. The van der Waals surface area contributed by atoms with E-state index in [4.69, 9.17) is 4.74 Å². The van der Waals surface area contributed by atoms with Gasteiger partial charge in [-0.3, -0.25) is 14.9 Å². The summed E-state index contributed by atoms with van der Waals surface area (Å²) in [5.74, 6) is -0.0840. The van der Waals surface area contributed by atoms with Crippen molar-refractivity contribution < 1.29 is 9.53 Å². The molecule has 23 heavy (non-hydrogen) atoms. The van der Waals surface area contributed by atoms with Crippen LogP contribution in [0.25, 0.3) is 0 Å². The number of hydrogen-bond donors (Lipinski definition) is 2. The van der Waals surface area contributed by atoms with Crippen LogP contribution in [0, 0.1) is 0 Å². The van der Waals surface area contributed by atoms with Crippen LogP contribution in [-0.2, 0) is 29.0 Å². The number of methoxy groups -OCH3 is 1. The highest BCUT2D eigenvalue weighted by Crippen LogP contribution is 2.20. The standard InChI is InChI=1S/C13H15N5O3S2/c1-21-5-10-17-18-13(23-10)15-9(19)6-22-12-14-8-4-2-3-7(8)11(20)16-12/h2-6H2,1H3,(H,14,16,20)(H,15,18,19). The Morgan fingerprint density at radius 3 is 3.13 bits per heavy atom. The lowest BCUT2D eigenvalue weighted by atomic mass is 10.3. The van der Waals surface area contributed by atoms with Crippen LogP contribution in [0.15, 0.2) is 9.95 Å². The number of H-pyrrole nitrogens is 1. The summed E-state index contributed by atoms with van der Waals surface area (Å²) in [5.41, 5.74) is 1.53. The molecule has 3 rings (SSSR count). The molecule has 1 aliphatic carbocycles.